The lowest BCUT2D eigenvalue weighted by Gasteiger charge is -2.00. The van der Waals surface area contributed by atoms with Crippen LogP contribution in [-0.2, 0) is 4.74 Å². The zero-order valence-electron chi connectivity index (χ0n) is 7.01. The van der Waals surface area contributed by atoms with Crippen LogP contribution in [0.25, 0.3) is 0 Å². The van der Waals surface area contributed by atoms with Crippen LogP contribution in [0.2, 0.25) is 5.02 Å². The summed E-state index contributed by atoms with van der Waals surface area (Å²) in [6, 6.07) is 3.68. The summed E-state index contributed by atoms with van der Waals surface area (Å²) in [5, 5.41) is 0.208. The highest BCUT2D eigenvalue weighted by molar-refractivity contribution is 6.31. The Morgan fingerprint density at radius 3 is 2.77 bits per heavy atom. The number of carbonyl (C=O) groups is 1. The van der Waals surface area contributed by atoms with Gasteiger partial charge in [0.2, 0.25) is 0 Å². The van der Waals surface area contributed by atoms with Crippen molar-refractivity contribution in [2.75, 3.05) is 13.7 Å². The number of carbonyl (C=O) groups excluding carboxylic acids is 1. The minimum atomic E-state index is -0.521. The third-order valence-electron chi connectivity index (χ3n) is 1.46. The average Bonchev–Trinajstić information content (AvgIpc) is 2.03. The molecule has 0 aromatic heterocycles. The number of ether oxygens (including phenoxy) is 1. The topological polar surface area (TPSA) is 26.3 Å². The van der Waals surface area contributed by atoms with Gasteiger partial charge in [-0.25, -0.2) is 4.39 Å². The molecule has 0 spiro atoms. The highest BCUT2D eigenvalue weighted by Crippen LogP contribution is 2.14. The number of benzene rings is 1. The molecular weight excluding hydrogens is 195 g/mol. The summed E-state index contributed by atoms with van der Waals surface area (Å²) in [6.45, 7) is -0.0697. The lowest BCUT2D eigenvalue weighted by Crippen LogP contribution is -2.07. The maximum absolute atomic E-state index is 12.8. The summed E-state index contributed by atoms with van der Waals surface area (Å²) in [5.41, 5.74) is 0.229. The Morgan fingerprint density at radius 1 is 1.54 bits per heavy atom. The van der Waals surface area contributed by atoms with E-state index in [4.69, 9.17) is 11.6 Å². The molecule has 0 aliphatic carbocycles. The molecule has 0 heterocycles. The van der Waals surface area contributed by atoms with E-state index in [-0.39, 0.29) is 23.0 Å². The van der Waals surface area contributed by atoms with Crippen molar-refractivity contribution >= 4 is 17.4 Å². The van der Waals surface area contributed by atoms with Gasteiger partial charge in [0.15, 0.2) is 5.78 Å². The third-order valence-corrected chi connectivity index (χ3v) is 1.68. The normalized spacial score (nSPS) is 10.1. The fraction of sp³-hybridized carbons (Fsp3) is 0.222. The van der Waals surface area contributed by atoms with Crippen LogP contribution in [-0.4, -0.2) is 19.5 Å². The molecule has 1 aromatic carbocycles. The Morgan fingerprint density at radius 2 is 2.23 bits per heavy atom. The number of ketones is 1. The van der Waals surface area contributed by atoms with Gasteiger partial charge in [0.25, 0.3) is 0 Å². The zero-order chi connectivity index (χ0) is 9.84. The Bertz CT molecular complexity index is 305. The first-order chi connectivity index (χ1) is 6.13. The molecule has 0 unspecified atom stereocenters. The van der Waals surface area contributed by atoms with Gasteiger partial charge in [0.1, 0.15) is 12.4 Å². The van der Waals surface area contributed by atoms with Crippen LogP contribution in [0, 0.1) is 5.82 Å². The monoisotopic (exact) mass is 202 g/mol. The molecule has 1 aromatic rings. The summed E-state index contributed by atoms with van der Waals surface area (Å²) < 4.78 is 17.4. The van der Waals surface area contributed by atoms with Crippen molar-refractivity contribution in [3.8, 4) is 0 Å². The van der Waals surface area contributed by atoms with E-state index in [1.807, 2.05) is 0 Å². The fourth-order valence-corrected chi connectivity index (χ4v) is 1.15. The minimum absolute atomic E-state index is 0.0697. The van der Waals surface area contributed by atoms with Crippen molar-refractivity contribution < 1.29 is 13.9 Å². The quantitative estimate of drug-likeness (QED) is 0.704. The fourth-order valence-electron chi connectivity index (χ4n) is 0.929. The number of methoxy groups -OCH3 is 1. The van der Waals surface area contributed by atoms with E-state index in [1.54, 1.807) is 0 Å². The Kier molecular flexibility index (Phi) is 3.39. The van der Waals surface area contributed by atoms with Crippen LogP contribution < -0.4 is 0 Å². The van der Waals surface area contributed by atoms with Gasteiger partial charge in [0, 0.05) is 17.7 Å². The Hall–Kier alpha value is -0.930. The molecule has 13 heavy (non-hydrogen) atoms. The van der Waals surface area contributed by atoms with E-state index in [0.29, 0.717) is 0 Å². The number of Topliss-reactive ketones (excluding diaryl/α,β-unsaturated/α-hetero) is 1. The van der Waals surface area contributed by atoms with Crippen molar-refractivity contribution in [1.82, 2.24) is 0 Å². The molecule has 2 nitrogen and oxygen atoms in total. The number of hydrogen-bond acceptors (Lipinski definition) is 2. The summed E-state index contributed by atoms with van der Waals surface area (Å²) in [5.74, 6) is -0.809. The molecule has 0 bridgehead atoms. The van der Waals surface area contributed by atoms with Crippen LogP contribution in [0.5, 0.6) is 0 Å². The second-order valence-corrected chi connectivity index (χ2v) is 2.95. The maximum Gasteiger partial charge on any atom is 0.188 e. The maximum atomic E-state index is 12.8. The average molecular weight is 203 g/mol. The van der Waals surface area contributed by atoms with E-state index in [0.717, 1.165) is 12.1 Å². The van der Waals surface area contributed by atoms with Crippen LogP contribution in [0.4, 0.5) is 4.39 Å². The Balaban J connectivity index is 2.94. The third kappa shape index (κ3) is 2.79. The first-order valence-electron chi connectivity index (χ1n) is 3.61. The molecule has 0 fully saturated rings. The van der Waals surface area contributed by atoms with Gasteiger partial charge in [0.05, 0.1) is 0 Å². The van der Waals surface area contributed by atoms with Crippen LogP contribution in [0.3, 0.4) is 0 Å². The van der Waals surface area contributed by atoms with E-state index < -0.39 is 5.82 Å². The van der Waals surface area contributed by atoms with E-state index in [9.17, 15) is 9.18 Å². The summed E-state index contributed by atoms with van der Waals surface area (Å²) in [4.78, 5) is 11.2. The molecule has 1 rings (SSSR count). The SMILES string of the molecule is COCC(=O)c1cc(F)cc(Cl)c1. The molecule has 0 atom stereocenters. The van der Waals surface area contributed by atoms with Gasteiger partial charge in [-0.1, -0.05) is 11.6 Å². The van der Waals surface area contributed by atoms with Crippen LogP contribution >= 0.6 is 11.6 Å². The van der Waals surface area contributed by atoms with Crippen molar-refractivity contribution in [2.24, 2.45) is 0 Å². The summed E-state index contributed by atoms with van der Waals surface area (Å²) in [6.07, 6.45) is 0. The largest absolute Gasteiger partial charge is 0.377 e. The van der Waals surface area contributed by atoms with Crippen LogP contribution in [0.15, 0.2) is 18.2 Å². The molecule has 70 valence electrons. The lowest BCUT2D eigenvalue weighted by atomic mass is 10.1. The summed E-state index contributed by atoms with van der Waals surface area (Å²) in [7, 11) is 1.40. The number of hydrogen-bond donors (Lipinski definition) is 0. The lowest BCUT2D eigenvalue weighted by molar-refractivity contribution is 0.0847. The predicted octanol–water partition coefficient (Wildman–Crippen LogP) is 2.31. The van der Waals surface area contributed by atoms with Crippen molar-refractivity contribution in [3.05, 3.63) is 34.6 Å². The van der Waals surface area contributed by atoms with Gasteiger partial charge in [-0.05, 0) is 18.2 Å². The van der Waals surface area contributed by atoms with Crippen molar-refractivity contribution in [2.45, 2.75) is 0 Å². The van der Waals surface area contributed by atoms with Gasteiger partial charge in [-0.2, -0.15) is 0 Å². The highest BCUT2D eigenvalue weighted by atomic mass is 35.5. The van der Waals surface area contributed by atoms with E-state index in [2.05, 4.69) is 4.74 Å². The molecule has 0 aliphatic heterocycles. The van der Waals surface area contributed by atoms with Gasteiger partial charge in [-0.15, -0.1) is 0 Å². The standard InChI is InChI=1S/C9H8ClFO2/c1-13-5-9(12)6-2-7(10)4-8(11)3-6/h2-4H,5H2,1H3. The first kappa shape index (κ1) is 10.2. The first-order valence-corrected chi connectivity index (χ1v) is 3.99. The van der Waals surface area contributed by atoms with E-state index >= 15 is 0 Å². The molecule has 0 amide bonds. The van der Waals surface area contributed by atoms with Gasteiger partial charge >= 0.3 is 0 Å². The molecule has 0 saturated carbocycles. The Labute approximate surface area is 80.3 Å². The smallest absolute Gasteiger partial charge is 0.188 e. The predicted molar refractivity (Wildman–Crippen MR) is 47.6 cm³/mol. The van der Waals surface area contributed by atoms with Crippen LogP contribution in [0.1, 0.15) is 10.4 Å². The molecular formula is C9H8ClFO2. The van der Waals surface area contributed by atoms with Crippen molar-refractivity contribution in [1.29, 1.82) is 0 Å². The number of rotatable bonds is 3. The summed E-state index contributed by atoms with van der Waals surface area (Å²) >= 11 is 5.56. The minimum Gasteiger partial charge on any atom is -0.377 e. The van der Waals surface area contributed by atoms with Crippen molar-refractivity contribution in [3.63, 3.8) is 0 Å². The van der Waals surface area contributed by atoms with Gasteiger partial charge < -0.3 is 4.74 Å². The molecule has 0 aliphatic rings. The highest BCUT2D eigenvalue weighted by Gasteiger charge is 2.07. The van der Waals surface area contributed by atoms with Gasteiger partial charge in [-0.3, -0.25) is 4.79 Å². The second-order valence-electron chi connectivity index (χ2n) is 2.51. The zero-order valence-corrected chi connectivity index (χ0v) is 7.77. The van der Waals surface area contributed by atoms with E-state index in [1.165, 1.54) is 13.2 Å². The number of halogens is 2. The molecule has 0 saturated heterocycles. The second kappa shape index (κ2) is 4.35. The molecule has 0 N–H and O–H groups in total. The molecule has 0 radical (unpaired) electrons. The molecule has 4 heteroatoms.